The maximum atomic E-state index is 12.7. The second kappa shape index (κ2) is 8.66. The molecule has 4 aromatic rings. The molecule has 0 aliphatic rings. The van der Waals surface area contributed by atoms with Crippen LogP contribution < -0.4 is 5.32 Å². The van der Waals surface area contributed by atoms with Crippen LogP contribution in [-0.4, -0.2) is 26.3 Å². The fourth-order valence-corrected chi connectivity index (χ4v) is 4.39. The van der Waals surface area contributed by atoms with E-state index in [4.69, 9.17) is 0 Å². The van der Waals surface area contributed by atoms with Gasteiger partial charge in [0.2, 0.25) is 5.91 Å². The minimum Gasteiger partial charge on any atom is -0.349 e. The molecule has 1 atom stereocenters. The summed E-state index contributed by atoms with van der Waals surface area (Å²) in [6, 6.07) is 20.4. The number of aryl methyl sites for hydroxylation is 1. The lowest BCUT2D eigenvalue weighted by atomic mass is 10.0. The van der Waals surface area contributed by atoms with Crippen LogP contribution in [0.2, 0.25) is 0 Å². The fourth-order valence-electron chi connectivity index (χ4n) is 3.63. The molecular weight excluding hydrogens is 380 g/mol. The Hall–Kier alpha value is -2.86. The molecule has 4 rings (SSSR count). The van der Waals surface area contributed by atoms with Crippen molar-refractivity contribution in [2.75, 3.05) is 5.75 Å². The van der Waals surface area contributed by atoms with Crippen molar-refractivity contribution in [3.63, 3.8) is 0 Å². The standard InChI is InChI=1S/C23H24N4OS/c1-3-9-19(17-10-5-4-6-11-17)24-22(28)15-29-23-26-25-21-14-16(2)18-12-7-8-13-20(18)27(21)23/h4-8,10-14,19H,3,9,15H2,1-2H3,(H,24,28)/t19-/m0/s1. The molecular formula is C23H24N4OS. The number of amides is 1. The van der Waals surface area contributed by atoms with Crippen molar-refractivity contribution in [3.05, 3.63) is 71.8 Å². The number of para-hydroxylation sites is 1. The van der Waals surface area contributed by atoms with Gasteiger partial charge in [-0.3, -0.25) is 9.20 Å². The second-order valence-electron chi connectivity index (χ2n) is 7.13. The number of fused-ring (bicyclic) bond motifs is 3. The summed E-state index contributed by atoms with van der Waals surface area (Å²) in [5, 5.41) is 13.7. The Morgan fingerprint density at radius 3 is 2.66 bits per heavy atom. The number of nitrogens with zero attached hydrogens (tertiary/aromatic N) is 3. The van der Waals surface area contributed by atoms with E-state index < -0.39 is 0 Å². The van der Waals surface area contributed by atoms with Crippen LogP contribution in [0.25, 0.3) is 16.6 Å². The number of carbonyl (C=O) groups is 1. The van der Waals surface area contributed by atoms with E-state index in [1.54, 1.807) is 0 Å². The van der Waals surface area contributed by atoms with Crippen molar-refractivity contribution in [2.24, 2.45) is 0 Å². The third-order valence-electron chi connectivity index (χ3n) is 5.02. The maximum absolute atomic E-state index is 12.7. The second-order valence-corrected chi connectivity index (χ2v) is 8.07. The third kappa shape index (κ3) is 4.12. The van der Waals surface area contributed by atoms with Gasteiger partial charge in [-0.05, 0) is 36.6 Å². The molecule has 2 heterocycles. The quantitative estimate of drug-likeness (QED) is 0.443. The maximum Gasteiger partial charge on any atom is 0.230 e. The van der Waals surface area contributed by atoms with Crippen LogP contribution in [0.5, 0.6) is 0 Å². The monoisotopic (exact) mass is 404 g/mol. The Labute approximate surface area is 174 Å². The van der Waals surface area contributed by atoms with Crippen molar-refractivity contribution in [1.82, 2.24) is 19.9 Å². The number of hydrogen-bond donors (Lipinski definition) is 1. The molecule has 2 aromatic heterocycles. The summed E-state index contributed by atoms with van der Waals surface area (Å²) in [4.78, 5) is 12.7. The molecule has 0 spiro atoms. The molecule has 2 aromatic carbocycles. The average Bonchev–Trinajstić information content (AvgIpc) is 3.16. The lowest BCUT2D eigenvalue weighted by Crippen LogP contribution is -2.30. The van der Waals surface area contributed by atoms with Crippen molar-refractivity contribution >= 4 is 34.2 Å². The van der Waals surface area contributed by atoms with E-state index in [9.17, 15) is 4.79 Å². The smallest absolute Gasteiger partial charge is 0.230 e. The minimum absolute atomic E-state index is 0.00507. The Kier molecular flexibility index (Phi) is 5.81. The van der Waals surface area contributed by atoms with Crippen LogP contribution >= 0.6 is 11.8 Å². The van der Waals surface area contributed by atoms with Gasteiger partial charge in [-0.1, -0.05) is 73.6 Å². The number of benzene rings is 2. The van der Waals surface area contributed by atoms with Crippen molar-refractivity contribution < 1.29 is 4.79 Å². The number of pyridine rings is 1. The van der Waals surface area contributed by atoms with Crippen LogP contribution in [0.3, 0.4) is 0 Å². The zero-order valence-corrected chi connectivity index (χ0v) is 17.4. The van der Waals surface area contributed by atoms with Crippen molar-refractivity contribution in [2.45, 2.75) is 37.9 Å². The van der Waals surface area contributed by atoms with Gasteiger partial charge in [0.15, 0.2) is 10.8 Å². The topological polar surface area (TPSA) is 59.3 Å². The summed E-state index contributed by atoms with van der Waals surface area (Å²) < 4.78 is 2.03. The molecule has 0 unspecified atom stereocenters. The molecule has 6 heteroatoms. The summed E-state index contributed by atoms with van der Waals surface area (Å²) in [5.41, 5.74) is 4.17. The van der Waals surface area contributed by atoms with Crippen LogP contribution in [0.4, 0.5) is 0 Å². The largest absolute Gasteiger partial charge is 0.349 e. The molecule has 148 valence electrons. The average molecular weight is 405 g/mol. The van der Waals surface area contributed by atoms with Crippen LogP contribution in [0, 0.1) is 6.92 Å². The Morgan fingerprint density at radius 2 is 1.86 bits per heavy atom. The summed E-state index contributed by atoms with van der Waals surface area (Å²) in [6.07, 6.45) is 1.92. The van der Waals surface area contributed by atoms with Gasteiger partial charge in [-0.2, -0.15) is 0 Å². The first-order valence-corrected chi connectivity index (χ1v) is 10.9. The number of nitrogens with one attached hydrogen (secondary N) is 1. The van der Waals surface area contributed by atoms with Gasteiger partial charge in [0.1, 0.15) is 0 Å². The zero-order valence-electron chi connectivity index (χ0n) is 16.6. The Morgan fingerprint density at radius 1 is 1.10 bits per heavy atom. The molecule has 1 amide bonds. The van der Waals surface area contributed by atoms with E-state index in [1.807, 2.05) is 40.8 Å². The number of rotatable bonds is 7. The summed E-state index contributed by atoms with van der Waals surface area (Å²) in [5.74, 6) is 0.307. The van der Waals surface area contributed by atoms with E-state index in [0.717, 1.165) is 40.1 Å². The highest BCUT2D eigenvalue weighted by Gasteiger charge is 2.16. The molecule has 5 nitrogen and oxygen atoms in total. The molecule has 0 fully saturated rings. The molecule has 0 aliphatic carbocycles. The SMILES string of the molecule is CCC[C@H](NC(=O)CSc1nnc2cc(C)c3ccccc3n12)c1ccccc1. The predicted octanol–water partition coefficient (Wildman–Crippen LogP) is 4.94. The predicted molar refractivity (Wildman–Crippen MR) is 118 cm³/mol. The highest BCUT2D eigenvalue weighted by molar-refractivity contribution is 7.99. The molecule has 0 saturated carbocycles. The third-order valence-corrected chi connectivity index (χ3v) is 5.95. The van der Waals surface area contributed by atoms with Crippen LogP contribution in [0.15, 0.2) is 65.8 Å². The highest BCUT2D eigenvalue weighted by Crippen LogP contribution is 2.26. The summed E-state index contributed by atoms with van der Waals surface area (Å²) in [7, 11) is 0. The van der Waals surface area contributed by atoms with E-state index in [2.05, 4.69) is 53.6 Å². The number of thioether (sulfide) groups is 1. The van der Waals surface area contributed by atoms with E-state index in [-0.39, 0.29) is 11.9 Å². The number of hydrogen-bond acceptors (Lipinski definition) is 4. The normalized spacial score (nSPS) is 12.3. The van der Waals surface area contributed by atoms with Gasteiger partial charge in [-0.15, -0.1) is 10.2 Å². The Bertz CT molecular complexity index is 1140. The fraction of sp³-hybridized carbons (Fsp3) is 0.261. The molecule has 29 heavy (non-hydrogen) atoms. The lowest BCUT2D eigenvalue weighted by Gasteiger charge is -2.18. The van der Waals surface area contributed by atoms with Gasteiger partial charge in [0.25, 0.3) is 0 Å². The molecule has 0 saturated heterocycles. The van der Waals surface area contributed by atoms with Crippen LogP contribution in [0.1, 0.15) is 36.9 Å². The number of aromatic nitrogens is 3. The molecule has 1 N–H and O–H groups in total. The van der Waals surface area contributed by atoms with Gasteiger partial charge in [0.05, 0.1) is 17.3 Å². The van der Waals surface area contributed by atoms with E-state index >= 15 is 0 Å². The van der Waals surface area contributed by atoms with E-state index in [1.165, 1.54) is 17.3 Å². The first kappa shape index (κ1) is 19.5. The zero-order chi connectivity index (χ0) is 20.2. The molecule has 0 aliphatic heterocycles. The van der Waals surface area contributed by atoms with Gasteiger partial charge in [0, 0.05) is 5.39 Å². The van der Waals surface area contributed by atoms with Crippen molar-refractivity contribution in [3.8, 4) is 0 Å². The lowest BCUT2D eigenvalue weighted by molar-refractivity contribution is -0.119. The van der Waals surface area contributed by atoms with Gasteiger partial charge >= 0.3 is 0 Å². The van der Waals surface area contributed by atoms with Gasteiger partial charge < -0.3 is 5.32 Å². The van der Waals surface area contributed by atoms with E-state index in [0.29, 0.717) is 5.75 Å². The molecule has 0 radical (unpaired) electrons. The summed E-state index contributed by atoms with van der Waals surface area (Å²) in [6.45, 7) is 4.21. The number of carbonyl (C=O) groups excluding carboxylic acids is 1. The minimum atomic E-state index is 0.00507. The Balaban J connectivity index is 1.52. The van der Waals surface area contributed by atoms with Crippen LogP contribution in [-0.2, 0) is 4.79 Å². The summed E-state index contributed by atoms with van der Waals surface area (Å²) >= 11 is 1.42. The molecule has 0 bridgehead atoms. The van der Waals surface area contributed by atoms with Gasteiger partial charge in [-0.25, -0.2) is 0 Å². The highest BCUT2D eigenvalue weighted by atomic mass is 32.2. The first-order chi connectivity index (χ1) is 14.2. The van der Waals surface area contributed by atoms with Crippen molar-refractivity contribution in [1.29, 1.82) is 0 Å². The first-order valence-electron chi connectivity index (χ1n) is 9.88.